The number of nitrogens with two attached hydrogens (primary N) is 1. The van der Waals surface area contributed by atoms with Gasteiger partial charge in [-0.1, -0.05) is 47.5 Å². The molecule has 0 saturated carbocycles. The number of nitrogens with one attached hydrogen (secondary N) is 2. The summed E-state index contributed by atoms with van der Waals surface area (Å²) in [6.45, 7) is 2.55. The van der Waals surface area contributed by atoms with Crippen LogP contribution in [0.1, 0.15) is 31.4 Å². The number of ether oxygens (including phenoxy) is 1. The number of carbonyl (C=O) groups excluding carboxylic acids is 6. The molecule has 2 aromatic carbocycles. The molecule has 2 aromatic rings. The molecule has 1 aliphatic heterocycles. The summed E-state index contributed by atoms with van der Waals surface area (Å²) < 4.78 is 4.55. The predicted octanol–water partition coefficient (Wildman–Crippen LogP) is 1.32. The number of methoxy groups -OCH3 is 1. The Morgan fingerprint density at radius 2 is 1.73 bits per heavy atom. The fourth-order valence-electron chi connectivity index (χ4n) is 4.04. The fourth-order valence-corrected chi connectivity index (χ4v) is 4.04. The minimum Gasteiger partial charge on any atom is -0.469 e. The van der Waals surface area contributed by atoms with E-state index >= 15 is 0 Å². The van der Waals surface area contributed by atoms with Crippen molar-refractivity contribution in [2.75, 3.05) is 12.0 Å². The Bertz CT molecular complexity index is 1330. The summed E-state index contributed by atoms with van der Waals surface area (Å²) in [5.74, 6) is -4.99. The van der Waals surface area contributed by atoms with Gasteiger partial charge in [0.1, 0.15) is 5.54 Å². The van der Waals surface area contributed by atoms with Crippen LogP contribution in [0, 0.1) is 5.53 Å². The minimum atomic E-state index is -1.96. The van der Waals surface area contributed by atoms with Crippen LogP contribution >= 0.6 is 0 Å². The second kappa shape index (κ2) is 12.3. The second-order valence-electron chi connectivity index (χ2n) is 9.02. The molecule has 3 rings (SSSR count). The Labute approximate surface area is 228 Å². The van der Waals surface area contributed by atoms with E-state index < -0.39 is 59.6 Å². The van der Waals surface area contributed by atoms with E-state index in [0.29, 0.717) is 11.1 Å². The van der Waals surface area contributed by atoms with Gasteiger partial charge in [0.05, 0.1) is 26.1 Å². The SMILES string of the molecule is COC(=O)C[C@H](N)C(=O)N(c1ccccc1)[C@@H](C(C)=O)C(=O)ON1C(=O)N[C@](C)(c2ccc(CN=N)cc2)C1=O. The first kappa shape index (κ1) is 29.6. The Morgan fingerprint density at radius 1 is 1.10 bits per heavy atom. The third kappa shape index (κ3) is 6.02. The number of amides is 4. The molecule has 4 N–H and O–H groups in total. The average molecular weight is 553 g/mol. The zero-order valence-electron chi connectivity index (χ0n) is 22.0. The van der Waals surface area contributed by atoms with Crippen LogP contribution in [0.3, 0.4) is 0 Å². The summed E-state index contributed by atoms with van der Waals surface area (Å²) in [4.78, 5) is 83.0. The number of Topliss-reactive ketones (excluding diaryl/α,β-unsaturated/α-hetero) is 1. The van der Waals surface area contributed by atoms with Gasteiger partial charge in [0, 0.05) is 5.69 Å². The summed E-state index contributed by atoms with van der Waals surface area (Å²) in [6, 6.07) is 9.39. The molecule has 3 atom stereocenters. The lowest BCUT2D eigenvalue weighted by molar-refractivity contribution is -0.186. The van der Waals surface area contributed by atoms with Gasteiger partial charge in [0.25, 0.3) is 5.91 Å². The van der Waals surface area contributed by atoms with Gasteiger partial charge >= 0.3 is 18.0 Å². The molecule has 0 aromatic heterocycles. The van der Waals surface area contributed by atoms with E-state index in [-0.39, 0.29) is 17.3 Å². The number of hydroxylamine groups is 2. The molecule has 1 aliphatic rings. The highest BCUT2D eigenvalue weighted by molar-refractivity contribution is 6.15. The number of imide groups is 1. The summed E-state index contributed by atoms with van der Waals surface area (Å²) in [6.07, 6.45) is -0.543. The van der Waals surface area contributed by atoms with E-state index in [9.17, 15) is 28.8 Å². The topological polar surface area (TPSA) is 202 Å². The normalized spacial score (nSPS) is 17.9. The van der Waals surface area contributed by atoms with Gasteiger partial charge in [0.15, 0.2) is 11.8 Å². The molecule has 14 heteroatoms. The Morgan fingerprint density at radius 3 is 2.27 bits per heavy atom. The van der Waals surface area contributed by atoms with Gasteiger partial charge in [-0.3, -0.25) is 24.1 Å². The van der Waals surface area contributed by atoms with Crippen LogP contribution in [0.15, 0.2) is 59.7 Å². The van der Waals surface area contributed by atoms with Crippen LogP contribution in [0.4, 0.5) is 10.5 Å². The van der Waals surface area contributed by atoms with Crippen molar-refractivity contribution in [1.29, 1.82) is 5.53 Å². The first-order valence-electron chi connectivity index (χ1n) is 12.0. The lowest BCUT2D eigenvalue weighted by atomic mass is 9.91. The maximum absolute atomic E-state index is 13.3. The van der Waals surface area contributed by atoms with E-state index in [2.05, 4.69) is 15.2 Å². The van der Waals surface area contributed by atoms with E-state index in [4.69, 9.17) is 16.1 Å². The van der Waals surface area contributed by atoms with E-state index in [1.54, 1.807) is 30.3 Å². The first-order chi connectivity index (χ1) is 18.9. The molecule has 4 amide bonds. The summed E-state index contributed by atoms with van der Waals surface area (Å²) in [7, 11) is 1.11. The third-order valence-electron chi connectivity index (χ3n) is 6.20. The number of nitrogens with zero attached hydrogens (tertiary/aromatic N) is 3. The van der Waals surface area contributed by atoms with Crippen molar-refractivity contribution in [3.63, 3.8) is 0 Å². The van der Waals surface area contributed by atoms with Crippen LogP contribution in [0.25, 0.3) is 0 Å². The van der Waals surface area contributed by atoms with Crippen molar-refractivity contribution in [2.24, 2.45) is 10.8 Å². The molecule has 0 bridgehead atoms. The second-order valence-corrected chi connectivity index (χ2v) is 9.02. The molecule has 0 spiro atoms. The molecule has 1 saturated heterocycles. The number of hydrogen-bond acceptors (Lipinski definition) is 11. The molecule has 1 fully saturated rings. The average Bonchev–Trinajstić information content (AvgIpc) is 3.15. The van der Waals surface area contributed by atoms with Crippen molar-refractivity contribution >= 4 is 41.3 Å². The zero-order chi connectivity index (χ0) is 29.6. The maximum atomic E-state index is 13.3. The fraction of sp³-hybridized carbons (Fsp3) is 0.308. The zero-order valence-corrected chi connectivity index (χ0v) is 22.0. The van der Waals surface area contributed by atoms with Crippen LogP contribution in [-0.2, 0) is 45.6 Å². The number of urea groups is 1. The summed E-state index contributed by atoms with van der Waals surface area (Å²) >= 11 is 0. The van der Waals surface area contributed by atoms with Crippen LogP contribution in [-0.4, -0.2) is 59.8 Å². The highest BCUT2D eigenvalue weighted by Crippen LogP contribution is 2.30. The van der Waals surface area contributed by atoms with Crippen molar-refractivity contribution in [2.45, 2.75) is 44.4 Å². The van der Waals surface area contributed by atoms with Gasteiger partial charge in [-0.2, -0.15) is 5.11 Å². The van der Waals surface area contributed by atoms with E-state index in [1.165, 1.54) is 31.2 Å². The number of carbonyl (C=O) groups is 6. The van der Waals surface area contributed by atoms with Crippen molar-refractivity contribution in [3.05, 3.63) is 65.7 Å². The molecule has 1 heterocycles. The van der Waals surface area contributed by atoms with Crippen molar-refractivity contribution < 1.29 is 38.3 Å². The number of rotatable bonds is 11. The number of para-hydroxylation sites is 1. The van der Waals surface area contributed by atoms with Gasteiger partial charge in [-0.05, 0) is 37.1 Å². The van der Waals surface area contributed by atoms with Gasteiger partial charge in [-0.15, -0.1) is 0 Å². The highest BCUT2D eigenvalue weighted by Gasteiger charge is 2.52. The minimum absolute atomic E-state index is 0.0755. The van der Waals surface area contributed by atoms with Crippen molar-refractivity contribution in [1.82, 2.24) is 10.4 Å². The van der Waals surface area contributed by atoms with E-state index in [1.807, 2.05) is 0 Å². The molecule has 0 radical (unpaired) electrons. The Kier molecular flexibility index (Phi) is 9.06. The smallest absolute Gasteiger partial charge is 0.363 e. The highest BCUT2D eigenvalue weighted by atomic mass is 16.7. The Balaban J connectivity index is 1.92. The summed E-state index contributed by atoms with van der Waals surface area (Å²) in [5.41, 5.74) is 12.4. The molecular weight excluding hydrogens is 524 g/mol. The predicted molar refractivity (Wildman–Crippen MR) is 137 cm³/mol. The van der Waals surface area contributed by atoms with Crippen molar-refractivity contribution in [3.8, 4) is 0 Å². The van der Waals surface area contributed by atoms with Crippen LogP contribution in [0.2, 0.25) is 0 Å². The molecule has 40 heavy (non-hydrogen) atoms. The molecule has 210 valence electrons. The summed E-state index contributed by atoms with van der Waals surface area (Å²) in [5, 5.41) is 5.94. The number of esters is 1. The quantitative estimate of drug-likeness (QED) is 0.159. The number of hydrogen-bond donors (Lipinski definition) is 3. The third-order valence-corrected chi connectivity index (χ3v) is 6.20. The molecule has 0 aliphatic carbocycles. The Hall–Kier alpha value is -4.98. The number of anilines is 1. The lowest BCUT2D eigenvalue weighted by Crippen LogP contribution is -2.56. The van der Waals surface area contributed by atoms with Crippen LogP contribution in [0.5, 0.6) is 0 Å². The van der Waals surface area contributed by atoms with E-state index in [0.717, 1.165) is 18.9 Å². The number of ketones is 1. The van der Waals surface area contributed by atoms with Gasteiger partial charge < -0.3 is 20.6 Å². The largest absolute Gasteiger partial charge is 0.469 e. The first-order valence-corrected chi connectivity index (χ1v) is 12.0. The number of benzene rings is 2. The molecule has 14 nitrogen and oxygen atoms in total. The maximum Gasteiger partial charge on any atom is 0.363 e. The van der Waals surface area contributed by atoms with Gasteiger partial charge in [0.2, 0.25) is 5.91 Å². The lowest BCUT2D eigenvalue weighted by Gasteiger charge is -2.31. The molecule has 0 unspecified atom stereocenters. The standard InChI is InChI=1S/C26H28N6O8/c1-15(33)21(31(18-7-5-4-6-8-18)22(35)19(27)13-20(34)39-3)23(36)40-32-24(37)26(2,30-25(32)38)17-11-9-16(10-12-17)14-29-28/h4-12,19,21,28H,13-14,27H2,1-3H3,(H,30,38)/t19-,21-,26+/m0/s1. The molecular formula is C26H28N6O8. The monoisotopic (exact) mass is 552 g/mol. The van der Waals surface area contributed by atoms with Gasteiger partial charge in [-0.25, -0.2) is 15.1 Å². The van der Waals surface area contributed by atoms with Crippen LogP contribution < -0.4 is 16.0 Å².